The third kappa shape index (κ3) is 4.75. The van der Waals surface area contributed by atoms with Crippen LogP contribution in [0.3, 0.4) is 0 Å². The van der Waals surface area contributed by atoms with Gasteiger partial charge in [0.1, 0.15) is 11.6 Å². The number of fused-ring (bicyclic) bond motifs is 1. The zero-order chi connectivity index (χ0) is 22.1. The fourth-order valence-electron chi connectivity index (χ4n) is 3.26. The number of anilines is 2. The van der Waals surface area contributed by atoms with E-state index in [1.54, 1.807) is 4.57 Å². The van der Waals surface area contributed by atoms with Crippen molar-refractivity contribution in [3.8, 4) is 0 Å². The molecule has 0 bridgehead atoms. The Morgan fingerprint density at radius 1 is 1.33 bits per heavy atom. The Kier molecular flexibility index (Phi) is 6.65. The minimum atomic E-state index is -3.76. The van der Waals surface area contributed by atoms with E-state index in [1.807, 2.05) is 0 Å². The van der Waals surface area contributed by atoms with Crippen molar-refractivity contribution in [2.45, 2.75) is 32.4 Å². The summed E-state index contributed by atoms with van der Waals surface area (Å²) >= 11 is 6.39. The lowest BCUT2D eigenvalue weighted by atomic mass is 10.2. The molecule has 4 N–H and O–H groups in total. The highest BCUT2D eigenvalue weighted by Crippen LogP contribution is 2.37. The molecular weight excluding hydrogens is 442 g/mol. The van der Waals surface area contributed by atoms with Crippen molar-refractivity contribution < 1.29 is 27.1 Å². The third-order valence-corrected chi connectivity index (χ3v) is 6.25. The van der Waals surface area contributed by atoms with E-state index in [0.29, 0.717) is 24.3 Å². The summed E-state index contributed by atoms with van der Waals surface area (Å²) in [6, 6.07) is 2.32. The Morgan fingerprint density at radius 3 is 2.73 bits per heavy atom. The summed E-state index contributed by atoms with van der Waals surface area (Å²) in [7, 11) is -3.76. The van der Waals surface area contributed by atoms with Gasteiger partial charge < -0.3 is 20.3 Å². The summed E-state index contributed by atoms with van der Waals surface area (Å²) in [6.07, 6.45) is 1.32. The van der Waals surface area contributed by atoms with Crippen LogP contribution in [-0.2, 0) is 23.0 Å². The van der Waals surface area contributed by atoms with E-state index >= 15 is 0 Å². The van der Waals surface area contributed by atoms with Crippen molar-refractivity contribution in [3.05, 3.63) is 46.2 Å². The van der Waals surface area contributed by atoms with Gasteiger partial charge in [0, 0.05) is 30.0 Å². The molecule has 2 aromatic rings. The molecule has 2 heterocycles. The predicted octanol–water partition coefficient (Wildman–Crippen LogP) is 2.29. The van der Waals surface area contributed by atoms with Crippen LogP contribution in [0.1, 0.15) is 29.5 Å². The monoisotopic (exact) mass is 462 g/mol. The number of benzene rings is 1. The van der Waals surface area contributed by atoms with E-state index in [-0.39, 0.29) is 23.0 Å². The average Bonchev–Trinajstić information content (AvgIpc) is 3.22. The largest absolute Gasteiger partial charge is 0.395 e. The normalized spacial score (nSPS) is 14.4. The standard InChI is InChI=1S/C18H21ClF2N4O4S/c1-10(8-26)24-30(28,29)9-22-16-14-3-2-6-25(14)17(15(16)19)18(27)23-11-4-5-12(20)13(21)7-11/h4-5,7,10,22,24,26H,2-3,6,8-9H2,1H3,(H,23,27). The Balaban J connectivity index is 1.83. The number of hydrogen-bond acceptors (Lipinski definition) is 5. The second kappa shape index (κ2) is 8.88. The van der Waals surface area contributed by atoms with Crippen LogP contribution in [0.4, 0.5) is 20.2 Å². The molecule has 164 valence electrons. The Morgan fingerprint density at radius 2 is 2.07 bits per heavy atom. The van der Waals surface area contributed by atoms with Crippen molar-refractivity contribution in [2.24, 2.45) is 0 Å². The van der Waals surface area contributed by atoms with E-state index in [4.69, 9.17) is 16.7 Å². The fraction of sp³-hybridized carbons (Fsp3) is 0.389. The third-order valence-electron chi connectivity index (χ3n) is 4.59. The molecule has 0 radical (unpaired) electrons. The molecule has 0 spiro atoms. The minimum Gasteiger partial charge on any atom is -0.395 e. The molecule has 0 saturated heterocycles. The summed E-state index contributed by atoms with van der Waals surface area (Å²) < 4.78 is 54.8. The number of aromatic nitrogens is 1. The first-order valence-corrected chi connectivity index (χ1v) is 11.2. The second-order valence-corrected chi connectivity index (χ2v) is 9.09. The number of amides is 1. The van der Waals surface area contributed by atoms with Gasteiger partial charge in [0.05, 0.1) is 17.3 Å². The van der Waals surface area contributed by atoms with Crippen LogP contribution in [0.5, 0.6) is 0 Å². The van der Waals surface area contributed by atoms with E-state index < -0.39 is 39.5 Å². The Bertz CT molecular complexity index is 1070. The maximum atomic E-state index is 13.4. The van der Waals surface area contributed by atoms with Crippen LogP contribution >= 0.6 is 11.6 Å². The number of carbonyl (C=O) groups is 1. The van der Waals surface area contributed by atoms with Gasteiger partial charge in [0.2, 0.25) is 10.0 Å². The van der Waals surface area contributed by atoms with Gasteiger partial charge in [-0.3, -0.25) is 4.79 Å². The zero-order valence-electron chi connectivity index (χ0n) is 16.0. The number of hydrogen-bond donors (Lipinski definition) is 4. The summed E-state index contributed by atoms with van der Waals surface area (Å²) in [5.41, 5.74) is 1.17. The molecule has 1 unspecified atom stereocenters. The number of halogens is 3. The zero-order valence-corrected chi connectivity index (χ0v) is 17.6. The minimum absolute atomic E-state index is 0.0372. The molecule has 12 heteroatoms. The molecule has 8 nitrogen and oxygen atoms in total. The molecule has 1 aliphatic rings. The highest BCUT2D eigenvalue weighted by atomic mass is 35.5. The molecule has 3 rings (SSSR count). The smallest absolute Gasteiger partial charge is 0.273 e. The van der Waals surface area contributed by atoms with Crippen molar-refractivity contribution in [1.29, 1.82) is 0 Å². The van der Waals surface area contributed by atoms with Crippen LogP contribution in [0.25, 0.3) is 0 Å². The lowest BCUT2D eigenvalue weighted by Gasteiger charge is -2.13. The number of carbonyl (C=O) groups excluding carboxylic acids is 1. The van der Waals surface area contributed by atoms with Crippen LogP contribution in [-0.4, -0.2) is 42.5 Å². The van der Waals surface area contributed by atoms with E-state index in [0.717, 1.165) is 18.6 Å². The first kappa shape index (κ1) is 22.5. The van der Waals surface area contributed by atoms with Gasteiger partial charge in [-0.15, -0.1) is 0 Å². The summed E-state index contributed by atoms with van der Waals surface area (Å²) in [6.45, 7) is 1.67. The average molecular weight is 463 g/mol. The van der Waals surface area contributed by atoms with Crippen molar-refractivity contribution in [3.63, 3.8) is 0 Å². The predicted molar refractivity (Wildman–Crippen MR) is 109 cm³/mol. The molecule has 1 atom stereocenters. The van der Waals surface area contributed by atoms with Crippen LogP contribution in [0, 0.1) is 11.6 Å². The lowest BCUT2D eigenvalue weighted by molar-refractivity contribution is 0.101. The SMILES string of the molecule is CC(CO)NS(=O)(=O)CNc1c(Cl)c(C(=O)Nc2ccc(F)c(F)c2)n2c1CCC2. The van der Waals surface area contributed by atoms with Gasteiger partial charge in [-0.2, -0.15) is 0 Å². The van der Waals surface area contributed by atoms with E-state index in [9.17, 15) is 22.0 Å². The first-order chi connectivity index (χ1) is 14.1. The Hall–Kier alpha value is -2.21. The summed E-state index contributed by atoms with van der Waals surface area (Å²) in [4.78, 5) is 12.8. The van der Waals surface area contributed by atoms with Crippen LogP contribution < -0.4 is 15.4 Å². The lowest BCUT2D eigenvalue weighted by Crippen LogP contribution is -2.38. The second-order valence-electron chi connectivity index (χ2n) is 6.96. The van der Waals surface area contributed by atoms with Crippen molar-refractivity contribution >= 4 is 38.9 Å². The molecule has 0 saturated carbocycles. The molecule has 1 amide bonds. The first-order valence-electron chi connectivity index (χ1n) is 9.15. The van der Waals surface area contributed by atoms with Gasteiger partial charge in [-0.05, 0) is 31.9 Å². The summed E-state index contributed by atoms with van der Waals surface area (Å²) in [5.74, 6) is -3.27. The van der Waals surface area contributed by atoms with E-state index in [1.165, 1.54) is 13.0 Å². The van der Waals surface area contributed by atoms with Gasteiger partial charge in [0.25, 0.3) is 5.91 Å². The molecule has 1 aliphatic heterocycles. The number of sulfonamides is 1. The van der Waals surface area contributed by atoms with Gasteiger partial charge >= 0.3 is 0 Å². The van der Waals surface area contributed by atoms with Crippen LogP contribution in [0.2, 0.25) is 5.02 Å². The number of rotatable bonds is 8. The van der Waals surface area contributed by atoms with Crippen molar-refractivity contribution in [1.82, 2.24) is 9.29 Å². The molecule has 1 aromatic heterocycles. The number of nitrogens with zero attached hydrogens (tertiary/aromatic N) is 1. The molecule has 0 aliphatic carbocycles. The number of nitrogens with one attached hydrogen (secondary N) is 3. The number of aliphatic hydroxyl groups is 1. The highest BCUT2D eigenvalue weighted by Gasteiger charge is 2.29. The Labute approximate surface area is 177 Å². The van der Waals surface area contributed by atoms with Gasteiger partial charge in [-0.25, -0.2) is 21.9 Å². The molecule has 1 aromatic carbocycles. The summed E-state index contributed by atoms with van der Waals surface area (Å²) in [5, 5.41) is 14.3. The van der Waals surface area contributed by atoms with E-state index in [2.05, 4.69) is 15.4 Å². The van der Waals surface area contributed by atoms with Crippen molar-refractivity contribution in [2.75, 3.05) is 23.1 Å². The van der Waals surface area contributed by atoms with Gasteiger partial charge in [0.15, 0.2) is 11.6 Å². The van der Waals surface area contributed by atoms with Crippen LogP contribution in [0.15, 0.2) is 18.2 Å². The molecule has 30 heavy (non-hydrogen) atoms. The van der Waals surface area contributed by atoms with Gasteiger partial charge in [-0.1, -0.05) is 11.6 Å². The molecule has 0 fully saturated rings. The maximum absolute atomic E-state index is 13.4. The quantitative estimate of drug-likeness (QED) is 0.481. The maximum Gasteiger partial charge on any atom is 0.273 e. The number of aliphatic hydroxyl groups excluding tert-OH is 1. The highest BCUT2D eigenvalue weighted by molar-refractivity contribution is 7.89. The topological polar surface area (TPSA) is 112 Å². The fourth-order valence-corrected chi connectivity index (χ4v) is 4.73. The molecular formula is C18H21ClF2N4O4S.